The first kappa shape index (κ1) is 23.3. The van der Waals surface area contributed by atoms with Crippen molar-refractivity contribution in [3.63, 3.8) is 0 Å². The highest BCUT2D eigenvalue weighted by atomic mass is 16.1. The molecule has 0 bridgehead atoms. The van der Waals surface area contributed by atoms with Gasteiger partial charge in [0, 0.05) is 29.1 Å². The van der Waals surface area contributed by atoms with Crippen molar-refractivity contribution in [2.45, 2.75) is 61.6 Å². The number of guanidine groups is 1. The number of aryl methyl sites for hydroxylation is 6. The molecule has 1 heterocycles. The molecule has 168 valence electrons. The number of aromatic nitrogens is 2. The zero-order valence-electron chi connectivity index (χ0n) is 20.1. The van der Waals surface area contributed by atoms with Crippen molar-refractivity contribution in [1.82, 2.24) is 15.1 Å². The van der Waals surface area contributed by atoms with Gasteiger partial charge in [0.25, 0.3) is 5.91 Å². The molecule has 0 spiro atoms. The van der Waals surface area contributed by atoms with Crippen LogP contribution in [-0.4, -0.2) is 21.6 Å². The van der Waals surface area contributed by atoms with E-state index in [1.165, 1.54) is 5.56 Å². The summed E-state index contributed by atoms with van der Waals surface area (Å²) >= 11 is 0. The first-order chi connectivity index (χ1) is 15.2. The second-order valence-corrected chi connectivity index (χ2v) is 8.33. The van der Waals surface area contributed by atoms with Gasteiger partial charge in [-0.2, -0.15) is 5.10 Å². The Morgan fingerprint density at radius 2 is 1.72 bits per heavy atom. The third-order valence-corrected chi connectivity index (χ3v) is 5.86. The second kappa shape index (κ2) is 9.81. The molecule has 6 nitrogen and oxygen atoms in total. The molecule has 2 N–H and O–H groups in total. The molecule has 0 radical (unpaired) electrons. The highest BCUT2D eigenvalue weighted by Gasteiger charge is 2.14. The summed E-state index contributed by atoms with van der Waals surface area (Å²) < 4.78 is 1.98. The molecule has 0 saturated carbocycles. The van der Waals surface area contributed by atoms with Crippen LogP contribution in [0, 0.1) is 41.5 Å². The Kier molecular flexibility index (Phi) is 7.13. The summed E-state index contributed by atoms with van der Waals surface area (Å²) in [6.45, 7) is 15.5. The molecule has 3 rings (SSSR count). The molecule has 2 aromatic carbocycles. The lowest BCUT2D eigenvalue weighted by Gasteiger charge is -2.15. The van der Waals surface area contributed by atoms with Gasteiger partial charge in [-0.05, 0) is 83.4 Å². The molecule has 0 aliphatic carbocycles. The molecular weight excluding hydrogens is 398 g/mol. The van der Waals surface area contributed by atoms with Crippen LogP contribution in [0.5, 0.6) is 0 Å². The first-order valence-electron chi connectivity index (χ1n) is 11.0. The van der Waals surface area contributed by atoms with Crippen LogP contribution in [-0.2, 0) is 13.1 Å². The molecule has 0 aliphatic rings. The number of amides is 1. The molecule has 32 heavy (non-hydrogen) atoms. The van der Waals surface area contributed by atoms with Crippen LogP contribution in [0.15, 0.2) is 41.4 Å². The van der Waals surface area contributed by atoms with Gasteiger partial charge in [-0.3, -0.25) is 14.8 Å². The molecule has 6 heteroatoms. The Balaban J connectivity index is 1.91. The Morgan fingerprint density at radius 3 is 2.34 bits per heavy atom. The average molecular weight is 432 g/mol. The number of hydrogen-bond acceptors (Lipinski definition) is 3. The Hall–Kier alpha value is -3.41. The van der Waals surface area contributed by atoms with Crippen LogP contribution in [0.2, 0.25) is 0 Å². The number of carbonyl (C=O) groups is 1. The van der Waals surface area contributed by atoms with Crippen molar-refractivity contribution < 1.29 is 4.79 Å². The fourth-order valence-electron chi connectivity index (χ4n) is 3.68. The van der Waals surface area contributed by atoms with Crippen LogP contribution < -0.4 is 10.6 Å². The summed E-state index contributed by atoms with van der Waals surface area (Å²) in [7, 11) is 0. The van der Waals surface area contributed by atoms with Crippen LogP contribution >= 0.6 is 0 Å². The second-order valence-electron chi connectivity index (χ2n) is 8.33. The van der Waals surface area contributed by atoms with E-state index in [1.807, 2.05) is 62.7 Å². The smallest absolute Gasteiger partial charge is 0.257 e. The molecule has 0 unspecified atom stereocenters. The van der Waals surface area contributed by atoms with Gasteiger partial charge in [-0.15, -0.1) is 0 Å². The highest BCUT2D eigenvalue weighted by Crippen LogP contribution is 2.18. The van der Waals surface area contributed by atoms with Crippen LogP contribution in [0.25, 0.3) is 0 Å². The summed E-state index contributed by atoms with van der Waals surface area (Å²) in [6, 6.07) is 11.9. The fourth-order valence-corrected chi connectivity index (χ4v) is 3.68. The van der Waals surface area contributed by atoms with E-state index in [1.54, 1.807) is 0 Å². The normalized spacial score (nSPS) is 11.5. The molecule has 0 atom stereocenters. The lowest BCUT2D eigenvalue weighted by atomic mass is 10.1. The van der Waals surface area contributed by atoms with Gasteiger partial charge < -0.3 is 5.32 Å². The number of benzene rings is 2. The van der Waals surface area contributed by atoms with E-state index in [9.17, 15) is 4.79 Å². The predicted molar refractivity (Wildman–Crippen MR) is 131 cm³/mol. The molecule has 3 aromatic rings. The number of nitrogens with one attached hydrogen (secondary N) is 2. The average Bonchev–Trinajstić information content (AvgIpc) is 3.02. The maximum absolute atomic E-state index is 13.0. The zero-order valence-corrected chi connectivity index (χ0v) is 20.1. The summed E-state index contributed by atoms with van der Waals surface area (Å²) in [5.74, 6) is 0.227. The van der Waals surface area contributed by atoms with Crippen molar-refractivity contribution in [2.75, 3.05) is 5.32 Å². The van der Waals surface area contributed by atoms with Crippen molar-refractivity contribution in [3.05, 3.63) is 81.2 Å². The number of anilines is 1. The van der Waals surface area contributed by atoms with Crippen LogP contribution in [0.1, 0.15) is 56.5 Å². The van der Waals surface area contributed by atoms with Crippen molar-refractivity contribution >= 4 is 17.6 Å². The SMILES string of the molecule is CCn1nc(C)c(CN=C(NC(=O)c2ccc(C)c(C)c2)Nc2ccc(C)cc2C)c1C. The van der Waals surface area contributed by atoms with E-state index in [4.69, 9.17) is 4.99 Å². The Labute approximate surface area is 190 Å². The van der Waals surface area contributed by atoms with Crippen molar-refractivity contribution in [3.8, 4) is 0 Å². The number of nitrogens with zero attached hydrogens (tertiary/aromatic N) is 3. The maximum Gasteiger partial charge on any atom is 0.257 e. The lowest BCUT2D eigenvalue weighted by Crippen LogP contribution is -2.36. The molecular formula is C26H33N5O. The standard InChI is InChI=1S/C26H33N5O/c1-8-31-21(7)23(20(6)30-31)15-27-26(28-24-12-9-16(2)13-19(24)5)29-25(32)22-11-10-17(3)18(4)14-22/h9-14H,8,15H2,1-7H3,(H2,27,28,29,32). The van der Waals surface area contributed by atoms with E-state index in [-0.39, 0.29) is 5.91 Å². The van der Waals surface area contributed by atoms with Crippen LogP contribution in [0.4, 0.5) is 5.69 Å². The van der Waals surface area contributed by atoms with E-state index >= 15 is 0 Å². The van der Waals surface area contributed by atoms with Gasteiger partial charge in [0.2, 0.25) is 5.96 Å². The van der Waals surface area contributed by atoms with Gasteiger partial charge >= 0.3 is 0 Å². The van der Waals surface area contributed by atoms with Crippen LogP contribution in [0.3, 0.4) is 0 Å². The summed E-state index contributed by atoms with van der Waals surface area (Å²) in [5, 5.41) is 10.9. The molecule has 1 aromatic heterocycles. The van der Waals surface area contributed by atoms with Crippen molar-refractivity contribution in [1.29, 1.82) is 0 Å². The minimum atomic E-state index is -0.193. The summed E-state index contributed by atoms with van der Waals surface area (Å²) in [4.78, 5) is 17.7. The Morgan fingerprint density at radius 1 is 0.969 bits per heavy atom. The highest BCUT2D eigenvalue weighted by molar-refractivity contribution is 6.10. The Bertz CT molecular complexity index is 1170. The van der Waals surface area contributed by atoms with E-state index in [0.29, 0.717) is 18.1 Å². The molecule has 1 amide bonds. The van der Waals surface area contributed by atoms with Gasteiger partial charge in [-0.25, -0.2) is 4.99 Å². The van der Waals surface area contributed by atoms with E-state index < -0.39 is 0 Å². The third kappa shape index (κ3) is 5.25. The molecule has 0 saturated heterocycles. The number of hydrogen-bond donors (Lipinski definition) is 2. The minimum absolute atomic E-state index is 0.193. The van der Waals surface area contributed by atoms with Gasteiger partial charge in [0.15, 0.2) is 0 Å². The third-order valence-electron chi connectivity index (χ3n) is 5.86. The van der Waals surface area contributed by atoms with E-state index in [0.717, 1.165) is 45.9 Å². The summed E-state index contributed by atoms with van der Waals surface area (Å²) in [5.41, 5.74) is 9.15. The fraction of sp³-hybridized carbons (Fsp3) is 0.346. The molecule has 0 aliphatic heterocycles. The predicted octanol–water partition coefficient (Wildman–Crippen LogP) is 5.15. The topological polar surface area (TPSA) is 71.3 Å². The van der Waals surface area contributed by atoms with Gasteiger partial charge in [-0.1, -0.05) is 23.8 Å². The van der Waals surface area contributed by atoms with Crippen molar-refractivity contribution in [2.24, 2.45) is 4.99 Å². The van der Waals surface area contributed by atoms with E-state index in [2.05, 4.69) is 42.6 Å². The summed E-state index contributed by atoms with van der Waals surface area (Å²) in [6.07, 6.45) is 0. The first-order valence-corrected chi connectivity index (χ1v) is 11.0. The lowest BCUT2D eigenvalue weighted by molar-refractivity contribution is 0.0977. The van der Waals surface area contributed by atoms with Gasteiger partial charge in [0.1, 0.15) is 0 Å². The minimum Gasteiger partial charge on any atom is -0.326 e. The van der Waals surface area contributed by atoms with Gasteiger partial charge in [0.05, 0.1) is 12.2 Å². The largest absolute Gasteiger partial charge is 0.326 e. The number of carbonyl (C=O) groups excluding carboxylic acids is 1. The molecule has 0 fully saturated rings. The zero-order chi connectivity index (χ0) is 23.4. The quantitative estimate of drug-likeness (QED) is 0.433. The monoisotopic (exact) mass is 431 g/mol. The maximum atomic E-state index is 13.0. The number of rotatable bonds is 5. The number of aliphatic imine (C=N–C) groups is 1.